The van der Waals surface area contributed by atoms with Crippen molar-refractivity contribution in [3.63, 3.8) is 0 Å². The summed E-state index contributed by atoms with van der Waals surface area (Å²) in [5.41, 5.74) is -0.603. The van der Waals surface area contributed by atoms with Gasteiger partial charge in [-0.3, -0.25) is 9.59 Å². The van der Waals surface area contributed by atoms with Gasteiger partial charge in [-0.2, -0.15) is 0 Å². The van der Waals surface area contributed by atoms with Crippen LogP contribution in [0.1, 0.15) is 93.4 Å². The molecule has 1 N–H and O–H groups in total. The molecule has 2 spiro atoms. The largest absolute Gasteiger partial charge is 0.463 e. The molecule has 13 unspecified atom stereocenters. The monoisotopic (exact) mass is 538 g/mol. The van der Waals surface area contributed by atoms with Crippen molar-refractivity contribution in [2.45, 2.75) is 106 Å². The van der Waals surface area contributed by atoms with Gasteiger partial charge >= 0.3 is 11.9 Å². The molecular formula is C34H50O5. The summed E-state index contributed by atoms with van der Waals surface area (Å²) in [4.78, 5) is 25.5. The lowest BCUT2D eigenvalue weighted by molar-refractivity contribution is -0.262. The van der Waals surface area contributed by atoms with E-state index in [4.69, 9.17) is 9.47 Å². The number of allylic oxidation sites excluding steroid dienone is 4. The number of hydrogen-bond donors (Lipinski definition) is 1. The summed E-state index contributed by atoms with van der Waals surface area (Å²) in [6.45, 7) is 15.7. The zero-order valence-corrected chi connectivity index (χ0v) is 25.1. The first kappa shape index (κ1) is 27.5. The average molecular weight is 539 g/mol. The Morgan fingerprint density at radius 3 is 2.49 bits per heavy atom. The molecule has 5 heteroatoms. The number of hydrogen-bond acceptors (Lipinski definition) is 5. The molecule has 0 aromatic carbocycles. The van der Waals surface area contributed by atoms with Crippen LogP contribution in [0.2, 0.25) is 0 Å². The molecule has 216 valence electrons. The molecule has 6 aliphatic carbocycles. The molecule has 1 heterocycles. The normalized spacial score (nSPS) is 51.2. The van der Waals surface area contributed by atoms with Crippen LogP contribution in [0.25, 0.3) is 0 Å². The Morgan fingerprint density at radius 2 is 1.79 bits per heavy atom. The summed E-state index contributed by atoms with van der Waals surface area (Å²) >= 11 is 0. The predicted molar refractivity (Wildman–Crippen MR) is 150 cm³/mol. The summed E-state index contributed by atoms with van der Waals surface area (Å²) in [6, 6.07) is 0. The van der Waals surface area contributed by atoms with E-state index in [0.717, 1.165) is 25.7 Å². The van der Waals surface area contributed by atoms with Crippen LogP contribution in [0.4, 0.5) is 0 Å². The molecule has 7 rings (SSSR count). The number of carbonyl (C=O) groups excluding carboxylic acids is 2. The van der Waals surface area contributed by atoms with E-state index in [-0.39, 0.29) is 46.1 Å². The van der Waals surface area contributed by atoms with Crippen molar-refractivity contribution in [3.8, 4) is 0 Å². The number of rotatable bonds is 5. The fraction of sp³-hybridized carbons (Fsp3) is 0.824. The minimum Gasteiger partial charge on any atom is -0.463 e. The lowest BCUT2D eigenvalue weighted by Crippen LogP contribution is -2.72. The number of esters is 2. The highest BCUT2D eigenvalue weighted by Crippen LogP contribution is 2.82. The van der Waals surface area contributed by atoms with Gasteiger partial charge in [0.25, 0.3) is 0 Å². The van der Waals surface area contributed by atoms with Gasteiger partial charge in [0.1, 0.15) is 6.10 Å². The van der Waals surface area contributed by atoms with E-state index in [1.165, 1.54) is 19.8 Å². The first-order valence-electron chi connectivity index (χ1n) is 15.8. The van der Waals surface area contributed by atoms with E-state index in [9.17, 15) is 14.7 Å². The third-order valence-corrected chi connectivity index (χ3v) is 13.7. The van der Waals surface area contributed by atoms with Crippen molar-refractivity contribution in [2.24, 2.45) is 69.0 Å². The highest BCUT2D eigenvalue weighted by molar-refractivity contribution is 5.78. The van der Waals surface area contributed by atoms with Crippen molar-refractivity contribution in [1.82, 2.24) is 0 Å². The third kappa shape index (κ3) is 3.47. The molecule has 7 aliphatic rings. The Hall–Kier alpha value is -1.62. The molecule has 4 saturated carbocycles. The van der Waals surface area contributed by atoms with Crippen molar-refractivity contribution in [2.75, 3.05) is 0 Å². The fourth-order valence-electron chi connectivity index (χ4n) is 11.7. The highest BCUT2D eigenvalue weighted by atomic mass is 16.6. The second-order valence-electron chi connectivity index (χ2n) is 15.3. The molecular weight excluding hydrogens is 488 g/mol. The number of cyclic esters (lactones) is 1. The number of aliphatic hydroxyl groups excluding tert-OH is 1. The first-order chi connectivity index (χ1) is 18.3. The Balaban J connectivity index is 1.42. The van der Waals surface area contributed by atoms with Gasteiger partial charge in [-0.1, -0.05) is 65.8 Å². The molecule has 5 fully saturated rings. The van der Waals surface area contributed by atoms with Crippen molar-refractivity contribution in [3.05, 3.63) is 24.3 Å². The van der Waals surface area contributed by atoms with Crippen LogP contribution in [-0.4, -0.2) is 29.4 Å². The zero-order valence-electron chi connectivity index (χ0n) is 25.1. The summed E-state index contributed by atoms with van der Waals surface area (Å²) in [6.07, 6.45) is 15.6. The van der Waals surface area contributed by atoms with Gasteiger partial charge in [0.15, 0.2) is 0 Å². The Morgan fingerprint density at radius 1 is 1.05 bits per heavy atom. The number of aliphatic hydroxyl groups is 1. The second kappa shape index (κ2) is 8.94. The number of carbonyl (C=O) groups is 2. The van der Waals surface area contributed by atoms with Gasteiger partial charge in [0, 0.05) is 23.7 Å². The number of ether oxygens (including phenoxy) is 2. The number of fused-ring (bicyclic) bond motifs is 1. The molecule has 5 nitrogen and oxygen atoms in total. The maximum absolute atomic E-state index is 13.6. The third-order valence-electron chi connectivity index (χ3n) is 13.7. The quantitative estimate of drug-likeness (QED) is 0.312. The molecule has 13 atom stereocenters. The van der Waals surface area contributed by atoms with Crippen LogP contribution in [0.15, 0.2) is 24.3 Å². The van der Waals surface area contributed by atoms with Crippen molar-refractivity contribution in [1.29, 1.82) is 0 Å². The van der Waals surface area contributed by atoms with Crippen molar-refractivity contribution < 1.29 is 24.2 Å². The topological polar surface area (TPSA) is 72.8 Å². The minimum absolute atomic E-state index is 0.0831. The maximum Gasteiger partial charge on any atom is 0.312 e. The molecule has 2 bridgehead atoms. The van der Waals surface area contributed by atoms with Crippen molar-refractivity contribution >= 4 is 11.9 Å². The summed E-state index contributed by atoms with van der Waals surface area (Å²) < 4.78 is 11.5. The predicted octanol–water partition coefficient (Wildman–Crippen LogP) is 6.70. The molecule has 0 amide bonds. The van der Waals surface area contributed by atoms with Crippen LogP contribution < -0.4 is 0 Å². The van der Waals surface area contributed by atoms with E-state index in [1.807, 2.05) is 0 Å². The summed E-state index contributed by atoms with van der Waals surface area (Å²) in [5.74, 6) is 2.01. The zero-order chi connectivity index (χ0) is 28.1. The van der Waals surface area contributed by atoms with E-state index < -0.39 is 11.7 Å². The Labute approximate surface area is 235 Å². The smallest absolute Gasteiger partial charge is 0.312 e. The first-order valence-corrected chi connectivity index (χ1v) is 15.8. The molecule has 0 aromatic rings. The molecule has 1 saturated heterocycles. The Kier molecular flexibility index (Phi) is 6.31. The van der Waals surface area contributed by atoms with Crippen LogP contribution in [0.3, 0.4) is 0 Å². The van der Waals surface area contributed by atoms with Crippen LogP contribution in [0, 0.1) is 69.0 Å². The van der Waals surface area contributed by atoms with E-state index in [1.54, 1.807) is 0 Å². The van der Waals surface area contributed by atoms with E-state index in [2.05, 4.69) is 65.8 Å². The molecule has 0 aromatic heterocycles. The van der Waals surface area contributed by atoms with Gasteiger partial charge in [-0.05, 0) is 91.3 Å². The van der Waals surface area contributed by atoms with Crippen LogP contribution in [-0.2, 0) is 19.1 Å². The maximum atomic E-state index is 13.6. The average Bonchev–Trinajstić information content (AvgIpc) is 3.39. The second-order valence-corrected chi connectivity index (χ2v) is 15.3. The summed E-state index contributed by atoms with van der Waals surface area (Å²) in [7, 11) is 0. The minimum atomic E-state index is -1.06. The highest BCUT2D eigenvalue weighted by Gasteiger charge is 2.81. The lowest BCUT2D eigenvalue weighted by Gasteiger charge is -2.75. The molecule has 39 heavy (non-hydrogen) atoms. The van der Waals surface area contributed by atoms with Gasteiger partial charge in [-0.15, -0.1) is 0 Å². The molecule has 1 aliphatic heterocycles. The Bertz CT molecular complexity index is 1090. The van der Waals surface area contributed by atoms with Gasteiger partial charge in [0.2, 0.25) is 6.29 Å². The fourth-order valence-corrected chi connectivity index (χ4v) is 11.7. The van der Waals surface area contributed by atoms with Crippen LogP contribution in [0.5, 0.6) is 0 Å². The lowest BCUT2D eigenvalue weighted by atomic mass is 9.28. The van der Waals surface area contributed by atoms with E-state index in [0.29, 0.717) is 41.9 Å². The SMILES string of the molecule is CC(=O)OC1CCC2(C)C3CCC4(C)C(C(C)/C=C/C(C)C(C)C)CCC4C34C=CC2(C1)C1C(=O)OC(O)C14. The standard InChI is InChI=1S/C34H50O5/c1-19(2)20(3)8-9-21(4)24-10-11-25-31(24,6)14-13-26-32(7)15-12-23(38-22(5)35)18-33(32)16-17-34(25,26)28-27(33)29(36)39-30(28)37/h8-9,16-17,19-21,23-28,30,37H,10-15,18H2,1-7H3/b9-8+. The van der Waals surface area contributed by atoms with Crippen LogP contribution >= 0.6 is 0 Å². The van der Waals surface area contributed by atoms with Gasteiger partial charge < -0.3 is 14.6 Å². The van der Waals surface area contributed by atoms with E-state index >= 15 is 0 Å². The van der Waals surface area contributed by atoms with Gasteiger partial charge in [0.05, 0.1) is 5.92 Å². The molecule has 0 radical (unpaired) electrons. The van der Waals surface area contributed by atoms with Gasteiger partial charge in [-0.25, -0.2) is 0 Å². The summed E-state index contributed by atoms with van der Waals surface area (Å²) in [5, 5.41) is 11.4.